The first-order chi connectivity index (χ1) is 8.56. The maximum atomic E-state index is 11.8. The molecule has 1 aromatic rings. The molecule has 18 heavy (non-hydrogen) atoms. The summed E-state index contributed by atoms with van der Waals surface area (Å²) in [5.74, 6) is -1.43. The van der Waals surface area contributed by atoms with Crippen LogP contribution in [0.1, 0.15) is 23.7 Å². The third-order valence-electron chi connectivity index (χ3n) is 2.50. The molecule has 6 nitrogen and oxygen atoms in total. The highest BCUT2D eigenvalue weighted by molar-refractivity contribution is 5.97. The van der Waals surface area contributed by atoms with Crippen molar-refractivity contribution in [3.63, 3.8) is 0 Å². The van der Waals surface area contributed by atoms with E-state index in [-0.39, 0.29) is 12.3 Å². The summed E-state index contributed by atoms with van der Waals surface area (Å²) in [6, 6.07) is 4.28. The number of carbonyl (C=O) groups is 2. The van der Waals surface area contributed by atoms with Gasteiger partial charge in [0.1, 0.15) is 6.04 Å². The molecule has 1 heterocycles. The summed E-state index contributed by atoms with van der Waals surface area (Å²) in [6.07, 6.45) is 3.07. The number of nitrogens with zero attached hydrogens (tertiary/aromatic N) is 2. The molecule has 1 rings (SSSR count). The second-order valence-electron chi connectivity index (χ2n) is 3.93. The number of hydrogen-bond acceptors (Lipinski definition) is 4. The van der Waals surface area contributed by atoms with Gasteiger partial charge in [0.2, 0.25) is 5.91 Å². The van der Waals surface area contributed by atoms with Crippen LogP contribution in [-0.2, 0) is 4.79 Å². The van der Waals surface area contributed by atoms with Crippen LogP contribution in [0.15, 0.2) is 24.5 Å². The summed E-state index contributed by atoms with van der Waals surface area (Å²) in [5.41, 5.74) is 5.56. The fourth-order valence-electron chi connectivity index (χ4n) is 1.48. The minimum Gasteiger partial charge on any atom is -0.368 e. The molecule has 1 aromatic heterocycles. The van der Waals surface area contributed by atoms with Crippen LogP contribution in [0.4, 0.5) is 0 Å². The van der Waals surface area contributed by atoms with Gasteiger partial charge in [-0.2, -0.15) is 5.26 Å². The Balaban J connectivity index is 2.77. The number of primary amides is 1. The molecule has 0 aliphatic heterocycles. The fourth-order valence-corrected chi connectivity index (χ4v) is 1.48. The molecule has 0 unspecified atom stereocenters. The van der Waals surface area contributed by atoms with Gasteiger partial charge >= 0.3 is 0 Å². The lowest BCUT2D eigenvalue weighted by Gasteiger charge is -2.20. The highest BCUT2D eigenvalue weighted by Gasteiger charge is 2.25. The van der Waals surface area contributed by atoms with Crippen LogP contribution >= 0.6 is 0 Å². The predicted molar refractivity (Wildman–Crippen MR) is 64.1 cm³/mol. The monoisotopic (exact) mass is 246 g/mol. The van der Waals surface area contributed by atoms with E-state index in [1.807, 2.05) is 6.07 Å². The van der Waals surface area contributed by atoms with Gasteiger partial charge in [0.25, 0.3) is 5.91 Å². The predicted octanol–water partition coefficient (Wildman–Crippen LogP) is 0.215. The minimum absolute atomic E-state index is 0.140. The number of aromatic nitrogens is 1. The molecule has 6 heteroatoms. The molecule has 3 N–H and O–H groups in total. The fraction of sp³-hybridized carbons (Fsp3) is 0.333. The van der Waals surface area contributed by atoms with Gasteiger partial charge in [0.15, 0.2) is 0 Å². The zero-order valence-electron chi connectivity index (χ0n) is 9.96. The summed E-state index contributed by atoms with van der Waals surface area (Å²) in [6.45, 7) is 1.68. The first-order valence-electron chi connectivity index (χ1n) is 5.43. The zero-order valence-corrected chi connectivity index (χ0v) is 9.96. The Hall–Kier alpha value is -2.42. The van der Waals surface area contributed by atoms with Crippen molar-refractivity contribution in [3.05, 3.63) is 30.1 Å². The van der Waals surface area contributed by atoms with Crippen molar-refractivity contribution in [3.8, 4) is 6.07 Å². The molecule has 94 valence electrons. The summed E-state index contributed by atoms with van der Waals surface area (Å²) in [4.78, 5) is 26.9. The molecule has 0 saturated heterocycles. The molecular weight excluding hydrogens is 232 g/mol. The van der Waals surface area contributed by atoms with Crippen molar-refractivity contribution < 1.29 is 9.59 Å². The number of amides is 2. The second-order valence-corrected chi connectivity index (χ2v) is 3.93. The van der Waals surface area contributed by atoms with Gasteiger partial charge in [0, 0.05) is 18.8 Å². The average molecular weight is 246 g/mol. The maximum Gasteiger partial charge on any atom is 0.253 e. The van der Waals surface area contributed by atoms with Gasteiger partial charge in [-0.1, -0.05) is 6.92 Å². The lowest BCUT2D eigenvalue weighted by molar-refractivity contribution is -0.120. The smallest absolute Gasteiger partial charge is 0.253 e. The summed E-state index contributed by atoms with van der Waals surface area (Å²) < 4.78 is 0. The topological polar surface area (TPSA) is 109 Å². The van der Waals surface area contributed by atoms with E-state index < -0.39 is 17.9 Å². The number of nitriles is 1. The van der Waals surface area contributed by atoms with Gasteiger partial charge in [0.05, 0.1) is 11.6 Å². The van der Waals surface area contributed by atoms with E-state index >= 15 is 0 Å². The van der Waals surface area contributed by atoms with E-state index in [4.69, 9.17) is 11.0 Å². The van der Waals surface area contributed by atoms with Crippen LogP contribution in [0.5, 0.6) is 0 Å². The van der Waals surface area contributed by atoms with Crippen LogP contribution in [0.2, 0.25) is 0 Å². The van der Waals surface area contributed by atoms with Crippen LogP contribution in [0, 0.1) is 17.2 Å². The highest BCUT2D eigenvalue weighted by Crippen LogP contribution is 2.08. The van der Waals surface area contributed by atoms with Gasteiger partial charge in [-0.3, -0.25) is 14.6 Å². The highest BCUT2D eigenvalue weighted by atomic mass is 16.2. The average Bonchev–Trinajstić information content (AvgIpc) is 2.36. The lowest BCUT2D eigenvalue weighted by Crippen LogP contribution is -2.48. The van der Waals surface area contributed by atoms with Crippen molar-refractivity contribution in [2.75, 3.05) is 0 Å². The lowest BCUT2D eigenvalue weighted by atomic mass is 9.98. The Kier molecular flexibility index (Phi) is 4.81. The molecule has 0 fully saturated rings. The second kappa shape index (κ2) is 6.35. The normalized spacial score (nSPS) is 13.1. The Bertz CT molecular complexity index is 467. The van der Waals surface area contributed by atoms with Crippen LogP contribution in [-0.4, -0.2) is 22.8 Å². The van der Waals surface area contributed by atoms with Crippen molar-refractivity contribution >= 4 is 11.8 Å². The van der Waals surface area contributed by atoms with Gasteiger partial charge < -0.3 is 11.1 Å². The number of hydrogen-bond donors (Lipinski definition) is 2. The summed E-state index contributed by atoms with van der Waals surface area (Å²) >= 11 is 0. The first-order valence-corrected chi connectivity index (χ1v) is 5.43. The van der Waals surface area contributed by atoms with Crippen molar-refractivity contribution in [2.45, 2.75) is 19.4 Å². The molecule has 0 spiro atoms. The van der Waals surface area contributed by atoms with Crippen molar-refractivity contribution in [1.82, 2.24) is 10.3 Å². The summed E-state index contributed by atoms with van der Waals surface area (Å²) in [7, 11) is 0. The van der Waals surface area contributed by atoms with Crippen molar-refractivity contribution in [2.24, 2.45) is 11.7 Å². The molecule has 0 aromatic carbocycles. The van der Waals surface area contributed by atoms with Gasteiger partial charge in [-0.15, -0.1) is 0 Å². The Labute approximate surface area is 105 Å². The van der Waals surface area contributed by atoms with E-state index in [1.165, 1.54) is 6.20 Å². The third kappa shape index (κ3) is 3.56. The number of pyridine rings is 1. The SMILES string of the molecule is C[C@@H](CC#N)[C@H](NC(=O)c1cccnc1)C(N)=O. The van der Waals surface area contributed by atoms with E-state index in [2.05, 4.69) is 10.3 Å². The van der Waals surface area contributed by atoms with E-state index in [1.54, 1.807) is 25.3 Å². The molecule has 2 amide bonds. The molecule has 0 radical (unpaired) electrons. The van der Waals surface area contributed by atoms with Crippen LogP contribution < -0.4 is 11.1 Å². The van der Waals surface area contributed by atoms with Crippen LogP contribution in [0.3, 0.4) is 0 Å². The van der Waals surface area contributed by atoms with E-state index in [9.17, 15) is 9.59 Å². The largest absolute Gasteiger partial charge is 0.368 e. The maximum absolute atomic E-state index is 11.8. The standard InChI is InChI=1S/C12H14N4O2/c1-8(4-5-13)10(11(14)17)16-12(18)9-3-2-6-15-7-9/h2-3,6-8,10H,4H2,1H3,(H2,14,17)(H,16,18)/t8-,10-/m0/s1. The minimum atomic E-state index is -0.864. The number of nitrogens with one attached hydrogen (secondary N) is 1. The quantitative estimate of drug-likeness (QED) is 0.774. The molecule has 0 bridgehead atoms. The molecule has 2 atom stereocenters. The molecule has 0 saturated carbocycles. The Morgan fingerprint density at radius 2 is 2.33 bits per heavy atom. The number of nitrogens with two attached hydrogens (primary N) is 1. The first kappa shape index (κ1) is 13.6. The van der Waals surface area contributed by atoms with E-state index in [0.29, 0.717) is 5.56 Å². The number of carbonyl (C=O) groups excluding carboxylic acids is 2. The van der Waals surface area contributed by atoms with Gasteiger partial charge in [-0.25, -0.2) is 0 Å². The summed E-state index contributed by atoms with van der Waals surface area (Å²) in [5, 5.41) is 11.1. The Morgan fingerprint density at radius 3 is 2.83 bits per heavy atom. The van der Waals surface area contributed by atoms with E-state index in [0.717, 1.165) is 0 Å². The molecular formula is C12H14N4O2. The van der Waals surface area contributed by atoms with Crippen LogP contribution in [0.25, 0.3) is 0 Å². The zero-order chi connectivity index (χ0) is 13.5. The number of rotatable bonds is 5. The Morgan fingerprint density at radius 1 is 1.61 bits per heavy atom. The van der Waals surface area contributed by atoms with Crippen molar-refractivity contribution in [1.29, 1.82) is 5.26 Å². The van der Waals surface area contributed by atoms with Gasteiger partial charge in [-0.05, 0) is 18.1 Å². The molecule has 0 aliphatic rings. The third-order valence-corrected chi connectivity index (χ3v) is 2.50. The molecule has 0 aliphatic carbocycles.